The zero-order valence-corrected chi connectivity index (χ0v) is 8.70. The highest BCUT2D eigenvalue weighted by Crippen LogP contribution is 2.01. The van der Waals surface area contributed by atoms with Gasteiger partial charge < -0.3 is 10.6 Å². The van der Waals surface area contributed by atoms with Gasteiger partial charge in [0, 0.05) is 12.6 Å². The highest BCUT2D eigenvalue weighted by Gasteiger charge is 2.16. The topological polar surface area (TPSA) is 41.1 Å². The van der Waals surface area contributed by atoms with Gasteiger partial charge in [0.2, 0.25) is 5.91 Å². The molecule has 0 saturated carbocycles. The third kappa shape index (κ3) is 3.06. The fraction of sp³-hybridized carbons (Fsp3) is 0.417. The van der Waals surface area contributed by atoms with Crippen LogP contribution in [0.1, 0.15) is 12.0 Å². The first-order valence-electron chi connectivity index (χ1n) is 5.38. The predicted octanol–water partition coefficient (Wildman–Crippen LogP) is 0.707. The van der Waals surface area contributed by atoms with E-state index in [2.05, 4.69) is 10.6 Å². The van der Waals surface area contributed by atoms with E-state index in [0.717, 1.165) is 25.1 Å². The van der Waals surface area contributed by atoms with Crippen molar-refractivity contribution >= 4 is 5.91 Å². The van der Waals surface area contributed by atoms with E-state index in [1.807, 2.05) is 30.3 Å². The normalized spacial score (nSPS) is 20.1. The van der Waals surface area contributed by atoms with Crippen LogP contribution in [-0.4, -0.2) is 25.0 Å². The monoisotopic (exact) mass is 204 g/mol. The van der Waals surface area contributed by atoms with Gasteiger partial charge in [-0.05, 0) is 18.5 Å². The lowest BCUT2D eigenvalue weighted by Crippen LogP contribution is -2.37. The Morgan fingerprint density at radius 3 is 2.87 bits per heavy atom. The predicted molar refractivity (Wildman–Crippen MR) is 59.6 cm³/mol. The second kappa shape index (κ2) is 4.94. The molecule has 80 valence electrons. The lowest BCUT2D eigenvalue weighted by atomic mass is 10.1. The summed E-state index contributed by atoms with van der Waals surface area (Å²) in [7, 11) is 0. The molecule has 1 amide bonds. The molecule has 1 aliphatic heterocycles. The van der Waals surface area contributed by atoms with Gasteiger partial charge in [-0.1, -0.05) is 30.3 Å². The fourth-order valence-corrected chi connectivity index (χ4v) is 1.84. The number of nitrogens with one attached hydrogen (secondary N) is 2. The summed E-state index contributed by atoms with van der Waals surface area (Å²) in [6.07, 6.45) is 1.53. The summed E-state index contributed by atoms with van der Waals surface area (Å²) >= 11 is 0. The van der Waals surface area contributed by atoms with Crippen molar-refractivity contribution in [3.63, 3.8) is 0 Å². The number of amides is 1. The first kappa shape index (κ1) is 10.2. The van der Waals surface area contributed by atoms with E-state index in [1.54, 1.807) is 0 Å². The molecule has 0 spiro atoms. The van der Waals surface area contributed by atoms with E-state index in [1.165, 1.54) is 0 Å². The molecule has 0 aliphatic carbocycles. The number of rotatable bonds is 3. The van der Waals surface area contributed by atoms with Crippen LogP contribution in [0.15, 0.2) is 30.3 Å². The van der Waals surface area contributed by atoms with Gasteiger partial charge in [-0.15, -0.1) is 0 Å². The molecule has 1 aromatic rings. The molecular weight excluding hydrogens is 188 g/mol. The second-order valence-corrected chi connectivity index (χ2v) is 3.92. The molecule has 0 radical (unpaired) electrons. The summed E-state index contributed by atoms with van der Waals surface area (Å²) in [5, 5.41) is 6.25. The summed E-state index contributed by atoms with van der Waals surface area (Å²) in [5.74, 6) is 0.120. The number of hydrogen-bond donors (Lipinski definition) is 2. The van der Waals surface area contributed by atoms with Crippen molar-refractivity contribution in [2.24, 2.45) is 0 Å². The van der Waals surface area contributed by atoms with Crippen molar-refractivity contribution in [3.8, 4) is 0 Å². The minimum atomic E-state index is 0.120. The molecule has 15 heavy (non-hydrogen) atoms. The van der Waals surface area contributed by atoms with Crippen LogP contribution in [0.2, 0.25) is 0 Å². The van der Waals surface area contributed by atoms with Crippen molar-refractivity contribution in [1.29, 1.82) is 0 Å². The van der Waals surface area contributed by atoms with E-state index >= 15 is 0 Å². The number of carbonyl (C=O) groups is 1. The van der Waals surface area contributed by atoms with Crippen molar-refractivity contribution in [1.82, 2.24) is 10.6 Å². The maximum absolute atomic E-state index is 11.6. The standard InChI is InChI=1S/C12H16N2O/c15-12(14-11-6-7-13-9-11)8-10-4-2-1-3-5-10/h1-5,11,13H,6-9H2,(H,14,15). The molecule has 1 atom stereocenters. The third-order valence-corrected chi connectivity index (χ3v) is 2.63. The molecule has 2 N–H and O–H groups in total. The van der Waals surface area contributed by atoms with Crippen molar-refractivity contribution in [3.05, 3.63) is 35.9 Å². The minimum Gasteiger partial charge on any atom is -0.352 e. The average Bonchev–Trinajstić information content (AvgIpc) is 2.71. The maximum atomic E-state index is 11.6. The summed E-state index contributed by atoms with van der Waals surface area (Å²) in [4.78, 5) is 11.6. The molecule has 1 aromatic carbocycles. The molecule has 1 saturated heterocycles. The Bertz CT molecular complexity index is 318. The van der Waals surface area contributed by atoms with Gasteiger partial charge in [0.15, 0.2) is 0 Å². The molecule has 3 nitrogen and oxygen atoms in total. The molecule has 0 bridgehead atoms. The first-order valence-corrected chi connectivity index (χ1v) is 5.38. The highest BCUT2D eigenvalue weighted by molar-refractivity contribution is 5.78. The SMILES string of the molecule is O=C(Cc1ccccc1)NC1CCNC1. The van der Waals surface area contributed by atoms with Gasteiger partial charge in [0.25, 0.3) is 0 Å². The molecule has 3 heteroatoms. The molecule has 2 rings (SSSR count). The third-order valence-electron chi connectivity index (χ3n) is 2.63. The van der Waals surface area contributed by atoms with Gasteiger partial charge in [0.1, 0.15) is 0 Å². The molecule has 0 aromatic heterocycles. The van der Waals surface area contributed by atoms with Crippen LogP contribution in [0.4, 0.5) is 0 Å². The Labute approximate surface area is 89.9 Å². The number of hydrogen-bond acceptors (Lipinski definition) is 2. The van der Waals surface area contributed by atoms with Crippen molar-refractivity contribution < 1.29 is 4.79 Å². The highest BCUT2D eigenvalue weighted by atomic mass is 16.1. The molecular formula is C12H16N2O. The van der Waals surface area contributed by atoms with E-state index < -0.39 is 0 Å². The van der Waals surface area contributed by atoms with Gasteiger partial charge in [-0.3, -0.25) is 4.79 Å². The summed E-state index contributed by atoms with van der Waals surface area (Å²) in [6, 6.07) is 10.2. The zero-order valence-electron chi connectivity index (χ0n) is 8.70. The van der Waals surface area contributed by atoms with Crippen molar-refractivity contribution in [2.75, 3.05) is 13.1 Å². The number of benzene rings is 1. The van der Waals surface area contributed by atoms with E-state index in [-0.39, 0.29) is 5.91 Å². The fourth-order valence-electron chi connectivity index (χ4n) is 1.84. The van der Waals surface area contributed by atoms with Crippen LogP contribution < -0.4 is 10.6 Å². The van der Waals surface area contributed by atoms with Crippen molar-refractivity contribution in [2.45, 2.75) is 18.9 Å². The first-order chi connectivity index (χ1) is 7.34. The van der Waals surface area contributed by atoms with Gasteiger partial charge in [-0.2, -0.15) is 0 Å². The van der Waals surface area contributed by atoms with Crippen LogP contribution >= 0.6 is 0 Å². The van der Waals surface area contributed by atoms with Gasteiger partial charge >= 0.3 is 0 Å². The maximum Gasteiger partial charge on any atom is 0.224 e. The zero-order chi connectivity index (χ0) is 10.5. The van der Waals surface area contributed by atoms with E-state index in [9.17, 15) is 4.79 Å². The van der Waals surface area contributed by atoms with Crippen LogP contribution in [0.25, 0.3) is 0 Å². The van der Waals surface area contributed by atoms with Gasteiger partial charge in [-0.25, -0.2) is 0 Å². The second-order valence-electron chi connectivity index (χ2n) is 3.92. The van der Waals surface area contributed by atoms with Crippen LogP contribution in [0.3, 0.4) is 0 Å². The molecule has 1 fully saturated rings. The lowest BCUT2D eigenvalue weighted by Gasteiger charge is -2.10. The minimum absolute atomic E-state index is 0.120. The Morgan fingerprint density at radius 2 is 2.20 bits per heavy atom. The van der Waals surface area contributed by atoms with Crippen LogP contribution in [0.5, 0.6) is 0 Å². The Balaban J connectivity index is 1.82. The van der Waals surface area contributed by atoms with Crippen LogP contribution in [0, 0.1) is 0 Å². The Morgan fingerprint density at radius 1 is 1.40 bits per heavy atom. The van der Waals surface area contributed by atoms with E-state index in [0.29, 0.717) is 12.5 Å². The smallest absolute Gasteiger partial charge is 0.224 e. The van der Waals surface area contributed by atoms with Crippen LogP contribution in [-0.2, 0) is 11.2 Å². The largest absolute Gasteiger partial charge is 0.352 e. The molecule has 1 aliphatic rings. The summed E-state index contributed by atoms with van der Waals surface area (Å²) in [6.45, 7) is 1.91. The lowest BCUT2D eigenvalue weighted by molar-refractivity contribution is -0.121. The summed E-state index contributed by atoms with van der Waals surface area (Å²) in [5.41, 5.74) is 1.07. The van der Waals surface area contributed by atoms with E-state index in [4.69, 9.17) is 0 Å². The average molecular weight is 204 g/mol. The Kier molecular flexibility index (Phi) is 3.35. The molecule has 1 heterocycles. The Hall–Kier alpha value is -1.35. The molecule has 1 unspecified atom stereocenters. The van der Waals surface area contributed by atoms with Gasteiger partial charge in [0.05, 0.1) is 6.42 Å². The summed E-state index contributed by atoms with van der Waals surface area (Å²) < 4.78 is 0. The quantitative estimate of drug-likeness (QED) is 0.761. The number of carbonyl (C=O) groups excluding carboxylic acids is 1.